The quantitative estimate of drug-likeness (QED) is 0.792. The van der Waals surface area contributed by atoms with Crippen LogP contribution in [0, 0.1) is 6.92 Å². The lowest BCUT2D eigenvalue weighted by Crippen LogP contribution is -2.22. The summed E-state index contributed by atoms with van der Waals surface area (Å²) >= 11 is 0. The van der Waals surface area contributed by atoms with Gasteiger partial charge in [-0.2, -0.15) is 0 Å². The van der Waals surface area contributed by atoms with Crippen molar-refractivity contribution in [3.63, 3.8) is 0 Å². The zero-order valence-corrected chi connectivity index (χ0v) is 13.0. The van der Waals surface area contributed by atoms with Gasteiger partial charge in [0, 0.05) is 18.3 Å². The molecule has 0 atom stereocenters. The van der Waals surface area contributed by atoms with Gasteiger partial charge in [-0.25, -0.2) is 0 Å². The van der Waals surface area contributed by atoms with Gasteiger partial charge in [-0.1, -0.05) is 54.1 Å². The van der Waals surface area contributed by atoms with E-state index in [-0.39, 0.29) is 5.91 Å². The third kappa shape index (κ3) is 3.83. The Morgan fingerprint density at radius 3 is 2.52 bits per heavy atom. The molecule has 0 bridgehead atoms. The van der Waals surface area contributed by atoms with Crippen molar-refractivity contribution in [1.82, 2.24) is 10.3 Å². The van der Waals surface area contributed by atoms with Crippen LogP contribution in [0.2, 0.25) is 0 Å². The van der Waals surface area contributed by atoms with E-state index in [0.29, 0.717) is 12.1 Å². The van der Waals surface area contributed by atoms with Crippen molar-refractivity contribution in [3.05, 3.63) is 89.6 Å². The van der Waals surface area contributed by atoms with Gasteiger partial charge in [0.1, 0.15) is 0 Å². The van der Waals surface area contributed by atoms with E-state index in [2.05, 4.69) is 29.4 Å². The SMILES string of the molecule is Cc1cccc(-c2ccc(C(=O)NCc3ccccc3)cn2)c1. The number of carbonyl (C=O) groups excluding carboxylic acids is 1. The molecule has 114 valence electrons. The van der Waals surface area contributed by atoms with E-state index in [1.54, 1.807) is 6.20 Å². The second-order valence-electron chi connectivity index (χ2n) is 5.47. The van der Waals surface area contributed by atoms with Crippen molar-refractivity contribution in [2.24, 2.45) is 0 Å². The molecule has 0 unspecified atom stereocenters. The van der Waals surface area contributed by atoms with E-state index in [0.717, 1.165) is 16.8 Å². The van der Waals surface area contributed by atoms with Gasteiger partial charge < -0.3 is 5.32 Å². The smallest absolute Gasteiger partial charge is 0.253 e. The largest absolute Gasteiger partial charge is 0.348 e. The molecule has 1 N–H and O–H groups in total. The van der Waals surface area contributed by atoms with Gasteiger partial charge in [-0.05, 0) is 30.7 Å². The Labute approximate surface area is 136 Å². The van der Waals surface area contributed by atoms with E-state index in [4.69, 9.17) is 0 Å². The molecular formula is C20H18N2O. The second kappa shape index (κ2) is 6.88. The minimum Gasteiger partial charge on any atom is -0.348 e. The number of hydrogen-bond acceptors (Lipinski definition) is 2. The number of aryl methyl sites for hydroxylation is 1. The van der Waals surface area contributed by atoms with Gasteiger partial charge in [0.15, 0.2) is 0 Å². The van der Waals surface area contributed by atoms with Crippen molar-refractivity contribution in [1.29, 1.82) is 0 Å². The molecule has 0 radical (unpaired) electrons. The first kappa shape index (κ1) is 15.0. The highest BCUT2D eigenvalue weighted by atomic mass is 16.1. The summed E-state index contributed by atoms with van der Waals surface area (Å²) in [5.74, 6) is -0.114. The summed E-state index contributed by atoms with van der Waals surface area (Å²) in [4.78, 5) is 16.6. The maximum Gasteiger partial charge on any atom is 0.253 e. The Kier molecular flexibility index (Phi) is 4.48. The number of pyridine rings is 1. The van der Waals surface area contributed by atoms with Crippen molar-refractivity contribution in [2.75, 3.05) is 0 Å². The summed E-state index contributed by atoms with van der Waals surface area (Å²) < 4.78 is 0. The molecule has 0 saturated carbocycles. The molecule has 0 spiro atoms. The molecule has 3 heteroatoms. The Balaban J connectivity index is 1.68. The molecule has 1 aromatic heterocycles. The fourth-order valence-corrected chi connectivity index (χ4v) is 2.38. The first-order valence-corrected chi connectivity index (χ1v) is 7.57. The number of hydrogen-bond donors (Lipinski definition) is 1. The van der Waals surface area contributed by atoms with E-state index < -0.39 is 0 Å². The van der Waals surface area contributed by atoms with Gasteiger partial charge in [0.2, 0.25) is 0 Å². The van der Waals surface area contributed by atoms with Crippen molar-refractivity contribution >= 4 is 5.91 Å². The summed E-state index contributed by atoms with van der Waals surface area (Å²) in [5, 5.41) is 2.90. The van der Waals surface area contributed by atoms with Crippen LogP contribution in [0.1, 0.15) is 21.5 Å². The fraction of sp³-hybridized carbons (Fsp3) is 0.100. The lowest BCUT2D eigenvalue weighted by Gasteiger charge is -2.06. The van der Waals surface area contributed by atoms with Gasteiger partial charge in [0.25, 0.3) is 5.91 Å². The van der Waals surface area contributed by atoms with E-state index >= 15 is 0 Å². The topological polar surface area (TPSA) is 42.0 Å². The van der Waals surface area contributed by atoms with Crippen LogP contribution in [0.25, 0.3) is 11.3 Å². The number of amides is 1. The summed E-state index contributed by atoms with van der Waals surface area (Å²) in [6.07, 6.45) is 1.62. The normalized spacial score (nSPS) is 10.3. The average Bonchev–Trinajstić information content (AvgIpc) is 2.61. The summed E-state index contributed by atoms with van der Waals surface area (Å²) in [5.41, 5.74) is 4.76. The number of aromatic nitrogens is 1. The number of nitrogens with one attached hydrogen (secondary N) is 1. The third-order valence-corrected chi connectivity index (χ3v) is 3.64. The molecule has 2 aromatic carbocycles. The first-order valence-electron chi connectivity index (χ1n) is 7.57. The molecule has 3 nitrogen and oxygen atoms in total. The average molecular weight is 302 g/mol. The highest BCUT2D eigenvalue weighted by Gasteiger charge is 2.07. The van der Waals surface area contributed by atoms with Gasteiger partial charge in [-0.15, -0.1) is 0 Å². The zero-order valence-electron chi connectivity index (χ0n) is 13.0. The summed E-state index contributed by atoms with van der Waals surface area (Å²) in [6, 6.07) is 21.7. The standard InChI is InChI=1S/C20H18N2O/c1-15-6-5-9-17(12-15)19-11-10-18(14-21-19)20(23)22-13-16-7-3-2-4-8-16/h2-12,14H,13H2,1H3,(H,22,23). The molecule has 0 aliphatic heterocycles. The number of nitrogens with zero attached hydrogens (tertiary/aromatic N) is 1. The first-order chi connectivity index (χ1) is 11.2. The number of benzene rings is 2. The summed E-state index contributed by atoms with van der Waals surface area (Å²) in [6.45, 7) is 2.56. The van der Waals surface area contributed by atoms with E-state index in [9.17, 15) is 4.79 Å². The minimum atomic E-state index is -0.114. The monoisotopic (exact) mass is 302 g/mol. The minimum absolute atomic E-state index is 0.114. The molecular weight excluding hydrogens is 284 g/mol. The maximum atomic E-state index is 12.2. The van der Waals surface area contributed by atoms with Crippen LogP contribution < -0.4 is 5.32 Å². The van der Waals surface area contributed by atoms with Crippen molar-refractivity contribution in [3.8, 4) is 11.3 Å². The van der Waals surface area contributed by atoms with Crippen molar-refractivity contribution in [2.45, 2.75) is 13.5 Å². The van der Waals surface area contributed by atoms with Crippen LogP contribution in [0.15, 0.2) is 72.9 Å². The molecule has 1 amide bonds. The predicted octanol–water partition coefficient (Wildman–Crippen LogP) is 3.99. The Bertz CT molecular complexity index is 795. The van der Waals surface area contributed by atoms with E-state index in [1.165, 1.54) is 5.56 Å². The van der Waals surface area contributed by atoms with Crippen LogP contribution in [-0.4, -0.2) is 10.9 Å². The second-order valence-corrected chi connectivity index (χ2v) is 5.47. The zero-order chi connectivity index (χ0) is 16.1. The molecule has 0 aliphatic carbocycles. The lowest BCUT2D eigenvalue weighted by molar-refractivity contribution is 0.0950. The Hall–Kier alpha value is -2.94. The molecule has 3 aromatic rings. The van der Waals surface area contributed by atoms with Crippen LogP contribution in [-0.2, 0) is 6.54 Å². The Morgan fingerprint density at radius 2 is 1.83 bits per heavy atom. The highest BCUT2D eigenvalue weighted by Crippen LogP contribution is 2.18. The maximum absolute atomic E-state index is 12.2. The molecule has 0 saturated heterocycles. The molecule has 0 aliphatic rings. The van der Waals surface area contributed by atoms with Crippen LogP contribution in [0.4, 0.5) is 0 Å². The molecule has 0 fully saturated rings. The molecule has 1 heterocycles. The Morgan fingerprint density at radius 1 is 1.00 bits per heavy atom. The van der Waals surface area contributed by atoms with Crippen LogP contribution in [0.5, 0.6) is 0 Å². The molecule has 3 rings (SSSR count). The van der Waals surface area contributed by atoms with Gasteiger partial charge in [-0.3, -0.25) is 9.78 Å². The fourth-order valence-electron chi connectivity index (χ4n) is 2.38. The predicted molar refractivity (Wildman–Crippen MR) is 92.0 cm³/mol. The van der Waals surface area contributed by atoms with Crippen LogP contribution >= 0.6 is 0 Å². The van der Waals surface area contributed by atoms with Gasteiger partial charge >= 0.3 is 0 Å². The number of carbonyl (C=O) groups is 1. The van der Waals surface area contributed by atoms with E-state index in [1.807, 2.05) is 54.6 Å². The molecule has 23 heavy (non-hydrogen) atoms. The third-order valence-electron chi connectivity index (χ3n) is 3.64. The number of rotatable bonds is 4. The lowest BCUT2D eigenvalue weighted by atomic mass is 10.1. The van der Waals surface area contributed by atoms with Crippen molar-refractivity contribution < 1.29 is 4.79 Å². The van der Waals surface area contributed by atoms with Gasteiger partial charge in [0.05, 0.1) is 11.3 Å². The van der Waals surface area contributed by atoms with Crippen LogP contribution in [0.3, 0.4) is 0 Å². The highest BCUT2D eigenvalue weighted by molar-refractivity contribution is 5.94. The summed E-state index contributed by atoms with van der Waals surface area (Å²) in [7, 11) is 0.